The summed E-state index contributed by atoms with van der Waals surface area (Å²) in [5.41, 5.74) is 3.94. The van der Waals surface area contributed by atoms with Crippen molar-refractivity contribution >= 4 is 0 Å². The Bertz CT molecular complexity index is 1150. The van der Waals surface area contributed by atoms with Crippen LogP contribution in [0.1, 0.15) is 68.3 Å². The van der Waals surface area contributed by atoms with Gasteiger partial charge in [0.15, 0.2) is 0 Å². The molecule has 0 bridgehead atoms. The van der Waals surface area contributed by atoms with Crippen LogP contribution < -0.4 is 0 Å². The van der Waals surface area contributed by atoms with Gasteiger partial charge in [-0.05, 0) is 55.5 Å². The normalized spacial score (nSPS) is 21.0. The molecule has 2 N–H and O–H groups in total. The molecule has 3 heterocycles. The van der Waals surface area contributed by atoms with Crippen molar-refractivity contribution in [2.45, 2.75) is 57.2 Å². The van der Waals surface area contributed by atoms with Crippen molar-refractivity contribution < 1.29 is 9.84 Å². The first-order chi connectivity index (χ1) is 16.2. The Morgan fingerprint density at radius 1 is 1.09 bits per heavy atom. The van der Waals surface area contributed by atoms with E-state index in [1.807, 2.05) is 12.3 Å². The predicted molar refractivity (Wildman–Crippen MR) is 133 cm³/mol. The first kappa shape index (κ1) is 23.2. The van der Waals surface area contributed by atoms with E-state index in [0.29, 0.717) is 5.92 Å². The number of likely N-dealkylation sites (tertiary alicyclic amines) is 1. The second-order valence-corrected chi connectivity index (χ2v) is 10.9. The highest BCUT2D eigenvalue weighted by molar-refractivity contribution is 5.60. The lowest BCUT2D eigenvalue weighted by Crippen LogP contribution is -2.63. The summed E-state index contributed by atoms with van der Waals surface area (Å²) in [6.45, 7) is 8.16. The molecule has 2 aromatic heterocycles. The number of benzene rings is 1. The molecule has 1 saturated heterocycles. The zero-order valence-electron chi connectivity index (χ0n) is 20.9. The number of pyridine rings is 1. The predicted octanol–water partition coefficient (Wildman–Crippen LogP) is 4.81. The Labute approximate surface area is 202 Å². The summed E-state index contributed by atoms with van der Waals surface area (Å²) in [6, 6.07) is 12.5. The Morgan fingerprint density at radius 3 is 2.35 bits per heavy atom. The Balaban J connectivity index is 1.56. The van der Waals surface area contributed by atoms with Crippen molar-refractivity contribution in [1.29, 1.82) is 0 Å². The number of rotatable bonds is 7. The van der Waals surface area contributed by atoms with E-state index in [4.69, 9.17) is 4.74 Å². The molecule has 180 valence electrons. The smallest absolute Gasteiger partial charge is 0.124 e. The number of ether oxygens (including phenoxy) is 1. The molecule has 2 fully saturated rings. The number of H-pyrrole nitrogens is 1. The topological polar surface area (TPSA) is 74.3 Å². The average Bonchev–Trinajstić information content (AvgIpc) is 3.28. The Morgan fingerprint density at radius 2 is 1.79 bits per heavy atom. The Hall–Kier alpha value is -2.54. The highest BCUT2D eigenvalue weighted by Gasteiger charge is 2.55. The van der Waals surface area contributed by atoms with Crippen LogP contribution in [0.4, 0.5) is 0 Å². The minimum atomic E-state index is -1.17. The van der Waals surface area contributed by atoms with Gasteiger partial charge in [-0.3, -0.25) is 10.1 Å². The van der Waals surface area contributed by atoms with Crippen molar-refractivity contribution in [3.63, 3.8) is 0 Å². The average molecular weight is 461 g/mol. The summed E-state index contributed by atoms with van der Waals surface area (Å²) in [5.74, 6) is 0.442. The first-order valence-electron chi connectivity index (χ1n) is 12.3. The van der Waals surface area contributed by atoms with Gasteiger partial charge in [0.05, 0.1) is 11.4 Å². The molecule has 0 amide bonds. The molecule has 1 atom stereocenters. The fourth-order valence-corrected chi connectivity index (χ4v) is 5.91. The second kappa shape index (κ2) is 8.29. The van der Waals surface area contributed by atoms with Crippen LogP contribution >= 0.6 is 0 Å². The maximum Gasteiger partial charge on any atom is 0.124 e. The van der Waals surface area contributed by atoms with Gasteiger partial charge in [-0.1, -0.05) is 45.0 Å². The zero-order valence-corrected chi connectivity index (χ0v) is 20.9. The fraction of sp³-hybridized carbons (Fsp3) is 0.500. The van der Waals surface area contributed by atoms with Gasteiger partial charge in [0.1, 0.15) is 11.2 Å². The quantitative estimate of drug-likeness (QED) is 0.529. The van der Waals surface area contributed by atoms with E-state index in [0.717, 1.165) is 60.4 Å². The fourth-order valence-electron chi connectivity index (χ4n) is 5.91. The molecule has 3 aromatic rings. The number of nitrogens with zero attached hydrogens (tertiary/aromatic N) is 3. The minimum absolute atomic E-state index is 0.251. The lowest BCUT2D eigenvalue weighted by molar-refractivity contribution is -0.127. The number of aromatic nitrogens is 3. The van der Waals surface area contributed by atoms with Crippen LogP contribution in [0.5, 0.6) is 0 Å². The van der Waals surface area contributed by atoms with Gasteiger partial charge in [0, 0.05) is 49.1 Å². The van der Waals surface area contributed by atoms with E-state index in [1.165, 1.54) is 5.56 Å². The summed E-state index contributed by atoms with van der Waals surface area (Å²) in [4.78, 5) is 6.80. The molecule has 0 radical (unpaired) electrons. The van der Waals surface area contributed by atoms with E-state index < -0.39 is 5.60 Å². The summed E-state index contributed by atoms with van der Waals surface area (Å²) in [7, 11) is 3.86. The van der Waals surface area contributed by atoms with Crippen LogP contribution in [0.3, 0.4) is 0 Å². The first-order valence-corrected chi connectivity index (χ1v) is 12.3. The molecule has 2 aliphatic rings. The van der Waals surface area contributed by atoms with Gasteiger partial charge in [0.25, 0.3) is 0 Å². The maximum absolute atomic E-state index is 12.5. The van der Waals surface area contributed by atoms with E-state index in [1.54, 1.807) is 13.3 Å². The van der Waals surface area contributed by atoms with Crippen LogP contribution in [0.2, 0.25) is 0 Å². The summed E-state index contributed by atoms with van der Waals surface area (Å²) in [5, 5.41) is 20.2. The number of hydrogen-bond acceptors (Lipinski definition) is 5. The SMILES string of the molecule is COC1(c2cc(-c3cncc([C@@](O)(c4ccc(C(C)C)cc4)C4(C)CN(C)C4)c3)n[nH]2)CCC1. The summed E-state index contributed by atoms with van der Waals surface area (Å²) in [6.07, 6.45) is 6.79. The van der Waals surface area contributed by atoms with Gasteiger partial charge in [-0.25, -0.2) is 0 Å². The summed E-state index contributed by atoms with van der Waals surface area (Å²) >= 11 is 0. The third-order valence-electron chi connectivity index (χ3n) is 8.18. The number of aromatic amines is 1. The van der Waals surface area contributed by atoms with E-state index in [-0.39, 0.29) is 11.0 Å². The molecule has 1 saturated carbocycles. The molecule has 1 aliphatic heterocycles. The third-order valence-corrected chi connectivity index (χ3v) is 8.18. The number of aliphatic hydroxyl groups is 1. The van der Waals surface area contributed by atoms with Gasteiger partial charge in [0.2, 0.25) is 0 Å². The number of hydrogen-bond donors (Lipinski definition) is 2. The number of methoxy groups -OCH3 is 1. The molecule has 0 unspecified atom stereocenters. The van der Waals surface area contributed by atoms with Crippen LogP contribution in [-0.4, -0.2) is 52.4 Å². The van der Waals surface area contributed by atoms with Crippen LogP contribution in [-0.2, 0) is 15.9 Å². The van der Waals surface area contributed by atoms with Crippen molar-refractivity contribution in [3.05, 3.63) is 71.2 Å². The van der Waals surface area contributed by atoms with Crippen LogP contribution in [0, 0.1) is 5.41 Å². The highest BCUT2D eigenvalue weighted by atomic mass is 16.5. The minimum Gasteiger partial charge on any atom is -0.380 e. The zero-order chi connectivity index (χ0) is 24.1. The highest BCUT2D eigenvalue weighted by Crippen LogP contribution is 2.50. The summed E-state index contributed by atoms with van der Waals surface area (Å²) < 4.78 is 5.82. The molecular weight excluding hydrogens is 424 g/mol. The monoisotopic (exact) mass is 460 g/mol. The van der Waals surface area contributed by atoms with Crippen molar-refractivity contribution in [1.82, 2.24) is 20.1 Å². The molecule has 0 spiro atoms. The maximum atomic E-state index is 12.5. The standard InChI is InChI=1S/C28H36N4O2/c1-19(2)20-7-9-22(10-8-20)28(33,26(3)17-32(4)18-26)23-13-21(15-29-16-23)24-14-25(31-30-24)27(34-5)11-6-12-27/h7-10,13-16,19,33H,6,11-12,17-18H2,1-5H3,(H,30,31)/t28-/m0/s1. The lowest BCUT2D eigenvalue weighted by Gasteiger charge is -2.55. The lowest BCUT2D eigenvalue weighted by atomic mass is 9.62. The van der Waals surface area contributed by atoms with Gasteiger partial charge >= 0.3 is 0 Å². The van der Waals surface area contributed by atoms with E-state index in [9.17, 15) is 5.11 Å². The molecular formula is C28H36N4O2. The van der Waals surface area contributed by atoms with Crippen molar-refractivity contribution in [2.75, 3.05) is 27.2 Å². The number of nitrogens with one attached hydrogen (secondary N) is 1. The molecule has 34 heavy (non-hydrogen) atoms. The van der Waals surface area contributed by atoms with E-state index >= 15 is 0 Å². The van der Waals surface area contributed by atoms with Crippen LogP contribution in [0.25, 0.3) is 11.3 Å². The third kappa shape index (κ3) is 3.51. The molecule has 5 rings (SSSR count). The van der Waals surface area contributed by atoms with Gasteiger partial charge in [-0.2, -0.15) is 5.10 Å². The van der Waals surface area contributed by atoms with Gasteiger partial charge in [-0.15, -0.1) is 0 Å². The molecule has 1 aliphatic carbocycles. The largest absolute Gasteiger partial charge is 0.380 e. The van der Waals surface area contributed by atoms with E-state index in [2.05, 4.69) is 78.2 Å². The Kier molecular flexibility index (Phi) is 5.66. The molecule has 6 heteroatoms. The molecule has 6 nitrogen and oxygen atoms in total. The molecule has 1 aromatic carbocycles. The van der Waals surface area contributed by atoms with Gasteiger partial charge < -0.3 is 14.7 Å². The van der Waals surface area contributed by atoms with Crippen LogP contribution in [0.15, 0.2) is 48.8 Å². The van der Waals surface area contributed by atoms with Crippen molar-refractivity contribution in [2.24, 2.45) is 5.41 Å². The van der Waals surface area contributed by atoms with Crippen molar-refractivity contribution in [3.8, 4) is 11.3 Å². The second-order valence-electron chi connectivity index (χ2n) is 10.9.